The van der Waals surface area contributed by atoms with Gasteiger partial charge in [0.05, 0.1) is 5.56 Å². The fraction of sp³-hybridized carbons (Fsp3) is 0.222. The first kappa shape index (κ1) is 15.6. The van der Waals surface area contributed by atoms with Crippen molar-refractivity contribution in [2.24, 2.45) is 11.5 Å². The van der Waals surface area contributed by atoms with Crippen molar-refractivity contribution in [2.45, 2.75) is 0 Å². The Balaban J connectivity index is 0. The largest absolute Gasteiger partial charge is 0.507 e. The molecule has 0 radical (unpaired) electrons. The molecule has 0 spiro atoms. The number of carbonyl (C=O) groups excluding carboxylic acids is 1. The van der Waals surface area contributed by atoms with Gasteiger partial charge in [0.2, 0.25) is 0 Å². The molecule has 5 heteroatoms. The predicted molar refractivity (Wildman–Crippen MR) is 51.6 cm³/mol. The van der Waals surface area contributed by atoms with E-state index in [1.165, 1.54) is 6.07 Å². The minimum atomic E-state index is 0. The van der Waals surface area contributed by atoms with Gasteiger partial charge in [-0.05, 0) is 12.1 Å². The van der Waals surface area contributed by atoms with E-state index in [4.69, 9.17) is 16.6 Å². The van der Waals surface area contributed by atoms with Crippen LogP contribution in [0.25, 0.3) is 0 Å². The van der Waals surface area contributed by atoms with Crippen LogP contribution in [0.3, 0.4) is 0 Å². The number of para-hydroxylation sites is 1. The van der Waals surface area contributed by atoms with Crippen LogP contribution in [0.1, 0.15) is 10.4 Å². The van der Waals surface area contributed by atoms with Gasteiger partial charge >= 0.3 is 0 Å². The zero-order valence-electron chi connectivity index (χ0n) is 7.66. The molecular formula is C9H14FeN2O2. The van der Waals surface area contributed by atoms with Crippen molar-refractivity contribution in [3.05, 3.63) is 29.8 Å². The maximum atomic E-state index is 10.1. The van der Waals surface area contributed by atoms with E-state index >= 15 is 0 Å². The molecule has 5 N–H and O–H groups in total. The number of aldehydes is 1. The second kappa shape index (κ2) is 10.2. The molecule has 0 saturated heterocycles. The Morgan fingerprint density at radius 2 is 1.71 bits per heavy atom. The van der Waals surface area contributed by atoms with Crippen LogP contribution in [0, 0.1) is 0 Å². The van der Waals surface area contributed by atoms with Gasteiger partial charge in [-0.3, -0.25) is 4.79 Å². The molecule has 1 rings (SSSR count). The zero-order valence-corrected chi connectivity index (χ0v) is 8.77. The molecule has 0 heterocycles. The number of phenols is 1. The average molecular weight is 238 g/mol. The van der Waals surface area contributed by atoms with Gasteiger partial charge in [-0.15, -0.1) is 0 Å². The SMILES string of the molecule is NCCN.O=Cc1ccccc1O.[Fe]. The van der Waals surface area contributed by atoms with E-state index in [1.54, 1.807) is 18.2 Å². The molecule has 14 heavy (non-hydrogen) atoms. The quantitative estimate of drug-likeness (QED) is 0.503. The van der Waals surface area contributed by atoms with Gasteiger partial charge < -0.3 is 16.6 Å². The first-order valence-electron chi connectivity index (χ1n) is 3.89. The van der Waals surface area contributed by atoms with Crippen LogP contribution in [-0.4, -0.2) is 24.5 Å². The van der Waals surface area contributed by atoms with Gasteiger partial charge in [0.25, 0.3) is 0 Å². The number of hydrogen-bond acceptors (Lipinski definition) is 4. The first-order chi connectivity index (χ1) is 6.26. The van der Waals surface area contributed by atoms with E-state index < -0.39 is 0 Å². The number of aromatic hydroxyl groups is 1. The Hall–Kier alpha value is -0.871. The fourth-order valence-corrected chi connectivity index (χ4v) is 0.587. The summed E-state index contributed by atoms with van der Waals surface area (Å²) in [7, 11) is 0. The molecule has 0 atom stereocenters. The van der Waals surface area contributed by atoms with Crippen LogP contribution < -0.4 is 11.5 Å². The minimum Gasteiger partial charge on any atom is -0.507 e. The smallest absolute Gasteiger partial charge is 0.153 e. The van der Waals surface area contributed by atoms with E-state index in [2.05, 4.69) is 0 Å². The first-order valence-corrected chi connectivity index (χ1v) is 3.89. The molecule has 80 valence electrons. The summed E-state index contributed by atoms with van der Waals surface area (Å²) in [5, 5.41) is 8.88. The van der Waals surface area contributed by atoms with Crippen molar-refractivity contribution in [3.63, 3.8) is 0 Å². The summed E-state index contributed by atoms with van der Waals surface area (Å²) >= 11 is 0. The second-order valence-corrected chi connectivity index (χ2v) is 2.25. The van der Waals surface area contributed by atoms with Crippen LogP contribution in [0.15, 0.2) is 24.3 Å². The molecule has 0 amide bonds. The van der Waals surface area contributed by atoms with Crippen molar-refractivity contribution < 1.29 is 27.0 Å². The normalized spacial score (nSPS) is 7.86. The number of benzene rings is 1. The maximum Gasteiger partial charge on any atom is 0.153 e. The number of hydrogen-bond donors (Lipinski definition) is 3. The molecule has 0 aliphatic carbocycles. The minimum absolute atomic E-state index is 0. The summed E-state index contributed by atoms with van der Waals surface area (Å²) in [6.07, 6.45) is 0.620. The van der Waals surface area contributed by atoms with E-state index in [1.807, 2.05) is 0 Å². The maximum absolute atomic E-state index is 10.1. The van der Waals surface area contributed by atoms with Crippen molar-refractivity contribution >= 4 is 6.29 Å². The Kier molecular flexibility index (Phi) is 11.4. The summed E-state index contributed by atoms with van der Waals surface area (Å²) in [6.45, 7) is 1.19. The third kappa shape index (κ3) is 6.62. The summed E-state index contributed by atoms with van der Waals surface area (Å²) in [4.78, 5) is 10.1. The standard InChI is InChI=1S/C7H6O2.C2H8N2.Fe/c8-5-6-3-1-2-4-7(6)9;3-1-2-4;/h1-5,9H;1-4H2;. The summed E-state index contributed by atoms with van der Waals surface area (Å²) in [5.74, 6) is 0.0347. The van der Waals surface area contributed by atoms with Gasteiger partial charge in [-0.25, -0.2) is 0 Å². The van der Waals surface area contributed by atoms with Crippen LogP contribution in [0.4, 0.5) is 0 Å². The molecule has 0 fully saturated rings. The van der Waals surface area contributed by atoms with E-state index in [0.717, 1.165) is 0 Å². The molecule has 1 aromatic carbocycles. The summed E-state index contributed by atoms with van der Waals surface area (Å²) in [6, 6.07) is 6.40. The summed E-state index contributed by atoms with van der Waals surface area (Å²) in [5.41, 5.74) is 10.1. The monoisotopic (exact) mass is 238 g/mol. The van der Waals surface area contributed by atoms with Crippen molar-refractivity contribution in [1.82, 2.24) is 0 Å². The number of rotatable bonds is 2. The van der Waals surface area contributed by atoms with E-state index in [0.29, 0.717) is 24.9 Å². The van der Waals surface area contributed by atoms with Gasteiger partial charge in [0.15, 0.2) is 6.29 Å². The van der Waals surface area contributed by atoms with Crippen LogP contribution in [0.5, 0.6) is 5.75 Å². The molecule has 0 aromatic heterocycles. The number of carbonyl (C=O) groups is 1. The fourth-order valence-electron chi connectivity index (χ4n) is 0.587. The Labute approximate surface area is 93.8 Å². The Morgan fingerprint density at radius 3 is 2.00 bits per heavy atom. The zero-order chi connectivity index (χ0) is 10.1. The van der Waals surface area contributed by atoms with Crippen molar-refractivity contribution in [2.75, 3.05) is 13.1 Å². The average Bonchev–Trinajstić information content (AvgIpc) is 2.19. The molecule has 0 unspecified atom stereocenters. The Morgan fingerprint density at radius 1 is 1.21 bits per heavy atom. The summed E-state index contributed by atoms with van der Waals surface area (Å²) < 4.78 is 0. The van der Waals surface area contributed by atoms with Crippen LogP contribution in [-0.2, 0) is 17.1 Å². The third-order valence-electron chi connectivity index (χ3n) is 1.23. The predicted octanol–water partition coefficient (Wildman–Crippen LogP) is 0.106. The Bertz CT molecular complexity index is 254. The molecule has 0 bridgehead atoms. The molecular weight excluding hydrogens is 224 g/mol. The van der Waals surface area contributed by atoms with E-state index in [-0.39, 0.29) is 22.8 Å². The van der Waals surface area contributed by atoms with Gasteiger partial charge in [-0.2, -0.15) is 0 Å². The third-order valence-corrected chi connectivity index (χ3v) is 1.23. The topological polar surface area (TPSA) is 89.3 Å². The van der Waals surface area contributed by atoms with Gasteiger partial charge in [0.1, 0.15) is 5.75 Å². The second-order valence-electron chi connectivity index (χ2n) is 2.25. The van der Waals surface area contributed by atoms with E-state index in [9.17, 15) is 4.79 Å². The number of nitrogens with two attached hydrogens (primary N) is 2. The van der Waals surface area contributed by atoms with Crippen LogP contribution >= 0.6 is 0 Å². The molecule has 4 nitrogen and oxygen atoms in total. The number of phenolic OH excluding ortho intramolecular Hbond substituents is 1. The van der Waals surface area contributed by atoms with Crippen LogP contribution in [0.2, 0.25) is 0 Å². The molecule has 0 aliphatic rings. The van der Waals surface area contributed by atoms with Crippen molar-refractivity contribution in [1.29, 1.82) is 0 Å². The van der Waals surface area contributed by atoms with Gasteiger partial charge in [-0.1, -0.05) is 12.1 Å². The van der Waals surface area contributed by atoms with Crippen molar-refractivity contribution in [3.8, 4) is 5.75 Å². The molecule has 0 saturated carbocycles. The molecule has 0 aliphatic heterocycles. The molecule has 1 aromatic rings. The van der Waals surface area contributed by atoms with Gasteiger partial charge in [0, 0.05) is 30.2 Å².